The van der Waals surface area contributed by atoms with Crippen LogP contribution >= 0.6 is 23.1 Å². The van der Waals surface area contributed by atoms with Crippen LogP contribution in [0.1, 0.15) is 6.92 Å². The molecule has 0 atom stereocenters. The molecule has 2 aromatic heterocycles. The van der Waals surface area contributed by atoms with Crippen LogP contribution in [0.15, 0.2) is 41.0 Å². The van der Waals surface area contributed by atoms with Gasteiger partial charge in [0.05, 0.1) is 18.4 Å². The minimum absolute atomic E-state index is 0.121. The Balaban J connectivity index is 1.75. The Hall–Kier alpha value is -2.39. The molecule has 0 aliphatic rings. The first-order valence-corrected chi connectivity index (χ1v) is 9.48. The second kappa shape index (κ2) is 8.13. The van der Waals surface area contributed by atoms with Gasteiger partial charge in [-0.3, -0.25) is 4.79 Å². The molecule has 0 saturated carbocycles. The summed E-state index contributed by atoms with van der Waals surface area (Å²) in [4.78, 5) is 16.1. The Labute approximate surface area is 153 Å². The minimum Gasteiger partial charge on any atom is -0.496 e. The molecule has 1 aromatic carbocycles. The molecule has 1 amide bonds. The number of carbonyl (C=O) groups excluding carboxylic acids is 1. The van der Waals surface area contributed by atoms with E-state index in [2.05, 4.69) is 20.5 Å². The zero-order chi connectivity index (χ0) is 17.6. The standard InChI is InChI=1S/C16H17N5O2S2/c1-3-21-14(11-6-4-5-7-12(11)23-2)19-20-16(21)25-10-13(22)18-15-17-8-9-24-15/h4-9H,3,10H2,1-2H3,(H,17,18,22). The van der Waals surface area contributed by atoms with Crippen molar-refractivity contribution in [1.29, 1.82) is 0 Å². The van der Waals surface area contributed by atoms with Crippen molar-refractivity contribution < 1.29 is 9.53 Å². The van der Waals surface area contributed by atoms with Gasteiger partial charge in [0.1, 0.15) is 5.75 Å². The molecule has 3 rings (SSSR count). The molecular formula is C16H17N5O2S2. The molecule has 0 aliphatic carbocycles. The zero-order valence-corrected chi connectivity index (χ0v) is 15.4. The number of ether oxygens (including phenoxy) is 1. The second-order valence-corrected chi connectivity index (χ2v) is 6.76. The van der Waals surface area contributed by atoms with Gasteiger partial charge in [0, 0.05) is 18.1 Å². The van der Waals surface area contributed by atoms with Gasteiger partial charge in [-0.05, 0) is 19.1 Å². The van der Waals surface area contributed by atoms with Crippen LogP contribution in [0.25, 0.3) is 11.4 Å². The Morgan fingerprint density at radius 3 is 2.92 bits per heavy atom. The summed E-state index contributed by atoms with van der Waals surface area (Å²) in [6, 6.07) is 7.67. The minimum atomic E-state index is -0.121. The summed E-state index contributed by atoms with van der Waals surface area (Å²) in [7, 11) is 1.63. The Kier molecular flexibility index (Phi) is 5.67. The smallest absolute Gasteiger partial charge is 0.236 e. The molecular weight excluding hydrogens is 358 g/mol. The second-order valence-electron chi connectivity index (χ2n) is 4.92. The van der Waals surface area contributed by atoms with Crippen molar-refractivity contribution in [1.82, 2.24) is 19.7 Å². The summed E-state index contributed by atoms with van der Waals surface area (Å²) in [6.07, 6.45) is 1.65. The quantitative estimate of drug-likeness (QED) is 0.639. The topological polar surface area (TPSA) is 81.9 Å². The number of thioether (sulfide) groups is 1. The van der Waals surface area contributed by atoms with Crippen LogP contribution in [0, 0.1) is 0 Å². The lowest BCUT2D eigenvalue weighted by atomic mass is 10.2. The van der Waals surface area contributed by atoms with Crippen LogP contribution in [0.4, 0.5) is 5.13 Å². The number of benzene rings is 1. The molecule has 0 radical (unpaired) electrons. The Morgan fingerprint density at radius 1 is 1.36 bits per heavy atom. The number of nitrogens with zero attached hydrogens (tertiary/aromatic N) is 4. The number of thiazole rings is 1. The number of hydrogen-bond acceptors (Lipinski definition) is 7. The van der Waals surface area contributed by atoms with E-state index in [4.69, 9.17) is 4.74 Å². The van der Waals surface area contributed by atoms with Crippen molar-refractivity contribution in [3.63, 3.8) is 0 Å². The Morgan fingerprint density at radius 2 is 2.20 bits per heavy atom. The van der Waals surface area contributed by atoms with Crippen molar-refractivity contribution in [2.24, 2.45) is 0 Å². The van der Waals surface area contributed by atoms with E-state index >= 15 is 0 Å². The number of methoxy groups -OCH3 is 1. The lowest BCUT2D eigenvalue weighted by Crippen LogP contribution is -2.14. The van der Waals surface area contributed by atoms with Gasteiger partial charge in [0.25, 0.3) is 0 Å². The van der Waals surface area contributed by atoms with Gasteiger partial charge in [-0.2, -0.15) is 0 Å². The molecule has 0 aliphatic heterocycles. The van der Waals surface area contributed by atoms with Crippen LogP contribution in [-0.4, -0.2) is 38.5 Å². The van der Waals surface area contributed by atoms with E-state index in [1.807, 2.05) is 41.1 Å². The van der Waals surface area contributed by atoms with Crippen LogP contribution in [0.2, 0.25) is 0 Å². The van der Waals surface area contributed by atoms with E-state index in [0.29, 0.717) is 16.8 Å². The lowest BCUT2D eigenvalue weighted by molar-refractivity contribution is -0.113. The van der Waals surface area contributed by atoms with Gasteiger partial charge >= 0.3 is 0 Å². The number of para-hydroxylation sites is 1. The average molecular weight is 375 g/mol. The van der Waals surface area contributed by atoms with E-state index in [1.165, 1.54) is 23.1 Å². The molecule has 9 heteroatoms. The normalized spacial score (nSPS) is 10.6. The van der Waals surface area contributed by atoms with Gasteiger partial charge in [-0.25, -0.2) is 4.98 Å². The number of amides is 1. The van der Waals surface area contributed by atoms with E-state index < -0.39 is 0 Å². The average Bonchev–Trinajstić information content (AvgIpc) is 3.29. The highest BCUT2D eigenvalue weighted by molar-refractivity contribution is 7.99. The predicted molar refractivity (Wildman–Crippen MR) is 99.2 cm³/mol. The van der Waals surface area contributed by atoms with Crippen LogP contribution in [0.3, 0.4) is 0 Å². The number of anilines is 1. The maximum Gasteiger partial charge on any atom is 0.236 e. The monoisotopic (exact) mass is 375 g/mol. The van der Waals surface area contributed by atoms with Crippen LogP contribution in [0.5, 0.6) is 5.75 Å². The fourth-order valence-electron chi connectivity index (χ4n) is 2.28. The first kappa shape index (κ1) is 17.4. The lowest BCUT2D eigenvalue weighted by Gasteiger charge is -2.10. The Bertz CT molecular complexity index is 848. The highest BCUT2D eigenvalue weighted by Crippen LogP contribution is 2.30. The summed E-state index contributed by atoms with van der Waals surface area (Å²) in [6.45, 7) is 2.71. The summed E-state index contributed by atoms with van der Waals surface area (Å²) in [5.41, 5.74) is 0.874. The summed E-state index contributed by atoms with van der Waals surface area (Å²) in [5.74, 6) is 1.58. The third-order valence-electron chi connectivity index (χ3n) is 3.39. The number of nitrogens with one attached hydrogen (secondary N) is 1. The van der Waals surface area contributed by atoms with Crippen LogP contribution in [-0.2, 0) is 11.3 Å². The van der Waals surface area contributed by atoms with E-state index in [-0.39, 0.29) is 11.7 Å². The number of carbonyl (C=O) groups is 1. The van der Waals surface area contributed by atoms with Gasteiger partial charge in [-0.15, -0.1) is 21.5 Å². The van der Waals surface area contributed by atoms with Crippen molar-refractivity contribution >= 4 is 34.1 Å². The van der Waals surface area contributed by atoms with Crippen molar-refractivity contribution in [3.8, 4) is 17.1 Å². The molecule has 0 spiro atoms. The highest BCUT2D eigenvalue weighted by atomic mass is 32.2. The highest BCUT2D eigenvalue weighted by Gasteiger charge is 2.17. The van der Waals surface area contributed by atoms with E-state index in [1.54, 1.807) is 13.3 Å². The van der Waals surface area contributed by atoms with E-state index in [9.17, 15) is 4.79 Å². The van der Waals surface area contributed by atoms with Crippen molar-refractivity contribution in [2.75, 3.05) is 18.2 Å². The molecule has 2 heterocycles. The van der Waals surface area contributed by atoms with E-state index in [0.717, 1.165) is 17.1 Å². The summed E-state index contributed by atoms with van der Waals surface area (Å²) in [5, 5.41) is 14.4. The van der Waals surface area contributed by atoms with Gasteiger partial charge in [0.2, 0.25) is 5.91 Å². The molecule has 0 unspecified atom stereocenters. The molecule has 25 heavy (non-hydrogen) atoms. The fourth-order valence-corrected chi connectivity index (χ4v) is 3.63. The SMILES string of the molecule is CCn1c(SCC(=O)Nc2nccs2)nnc1-c1ccccc1OC. The maximum absolute atomic E-state index is 12.0. The predicted octanol–water partition coefficient (Wildman–Crippen LogP) is 3.16. The van der Waals surface area contributed by atoms with Crippen molar-refractivity contribution in [3.05, 3.63) is 35.8 Å². The molecule has 0 bridgehead atoms. The van der Waals surface area contributed by atoms with Gasteiger partial charge in [-0.1, -0.05) is 23.9 Å². The zero-order valence-electron chi connectivity index (χ0n) is 13.8. The third-order valence-corrected chi connectivity index (χ3v) is 5.05. The first-order chi connectivity index (χ1) is 12.2. The van der Waals surface area contributed by atoms with Crippen molar-refractivity contribution in [2.45, 2.75) is 18.6 Å². The van der Waals surface area contributed by atoms with Crippen LogP contribution < -0.4 is 10.1 Å². The summed E-state index contributed by atoms with van der Waals surface area (Å²) >= 11 is 2.73. The molecule has 0 saturated heterocycles. The molecule has 7 nitrogen and oxygen atoms in total. The number of aromatic nitrogens is 4. The third kappa shape index (κ3) is 3.99. The fraction of sp³-hybridized carbons (Fsp3) is 0.250. The number of rotatable bonds is 7. The number of hydrogen-bond donors (Lipinski definition) is 1. The van der Waals surface area contributed by atoms with Gasteiger partial charge < -0.3 is 14.6 Å². The maximum atomic E-state index is 12.0. The molecule has 1 N–H and O–H groups in total. The van der Waals surface area contributed by atoms with Gasteiger partial charge in [0.15, 0.2) is 16.1 Å². The summed E-state index contributed by atoms with van der Waals surface area (Å²) < 4.78 is 7.38. The molecule has 3 aromatic rings. The molecule has 130 valence electrons. The first-order valence-electron chi connectivity index (χ1n) is 7.61. The largest absolute Gasteiger partial charge is 0.496 e. The molecule has 0 fully saturated rings.